The lowest BCUT2D eigenvalue weighted by atomic mass is 9.63. The molecule has 0 aromatic heterocycles. The van der Waals surface area contributed by atoms with E-state index < -0.39 is 0 Å². The minimum atomic E-state index is 0.381. The second-order valence-corrected chi connectivity index (χ2v) is 8.49. The number of nitrogens with two attached hydrogens (primary N) is 1. The van der Waals surface area contributed by atoms with Crippen molar-refractivity contribution in [2.75, 3.05) is 13.1 Å². The van der Waals surface area contributed by atoms with E-state index in [1.165, 1.54) is 32.2 Å². The van der Waals surface area contributed by atoms with Gasteiger partial charge in [0.1, 0.15) is 0 Å². The van der Waals surface area contributed by atoms with Crippen molar-refractivity contribution in [2.45, 2.75) is 72.4 Å². The third kappa shape index (κ3) is 3.27. The highest BCUT2D eigenvalue weighted by Gasteiger charge is 2.41. The van der Waals surface area contributed by atoms with Gasteiger partial charge in [0.2, 0.25) is 0 Å². The Kier molecular flexibility index (Phi) is 3.81. The summed E-state index contributed by atoms with van der Waals surface area (Å²) in [5.74, 6) is 0.700. The molecule has 2 nitrogen and oxygen atoms in total. The van der Waals surface area contributed by atoms with Crippen LogP contribution in [-0.4, -0.2) is 30.1 Å². The first-order valence-electron chi connectivity index (χ1n) is 7.68. The highest BCUT2D eigenvalue weighted by atomic mass is 15.2. The standard InChI is InChI=1S/C16H32N2/c1-12-6-7-18(10-14(12)17)13-8-15(2,3)11-16(4,5)9-13/h12-14H,6-11,17H2,1-5H3. The van der Waals surface area contributed by atoms with E-state index in [0.29, 0.717) is 22.8 Å². The van der Waals surface area contributed by atoms with Gasteiger partial charge in [-0.2, -0.15) is 0 Å². The van der Waals surface area contributed by atoms with Crippen molar-refractivity contribution < 1.29 is 0 Å². The summed E-state index contributed by atoms with van der Waals surface area (Å²) in [6, 6.07) is 1.13. The van der Waals surface area contributed by atoms with Gasteiger partial charge in [-0.25, -0.2) is 0 Å². The topological polar surface area (TPSA) is 29.3 Å². The second-order valence-electron chi connectivity index (χ2n) is 8.49. The molecular weight excluding hydrogens is 220 g/mol. The van der Waals surface area contributed by atoms with Crippen LogP contribution in [0.5, 0.6) is 0 Å². The molecule has 2 rings (SSSR count). The summed E-state index contributed by atoms with van der Waals surface area (Å²) in [5, 5.41) is 0. The molecule has 0 aromatic carbocycles. The lowest BCUT2D eigenvalue weighted by Gasteiger charge is -2.50. The molecule has 1 saturated carbocycles. The van der Waals surface area contributed by atoms with Gasteiger partial charge in [0.15, 0.2) is 0 Å². The molecular formula is C16H32N2. The van der Waals surface area contributed by atoms with Crippen LogP contribution in [0.1, 0.15) is 60.3 Å². The van der Waals surface area contributed by atoms with E-state index in [9.17, 15) is 0 Å². The normalized spacial score (nSPS) is 37.7. The van der Waals surface area contributed by atoms with Crippen LogP contribution in [0.3, 0.4) is 0 Å². The first kappa shape index (κ1) is 14.3. The van der Waals surface area contributed by atoms with Gasteiger partial charge in [-0.3, -0.25) is 4.90 Å². The summed E-state index contributed by atoms with van der Waals surface area (Å²) in [4.78, 5) is 2.69. The maximum Gasteiger partial charge on any atom is 0.0194 e. The maximum absolute atomic E-state index is 6.27. The quantitative estimate of drug-likeness (QED) is 0.776. The largest absolute Gasteiger partial charge is 0.326 e. The van der Waals surface area contributed by atoms with Crippen molar-refractivity contribution in [1.29, 1.82) is 0 Å². The van der Waals surface area contributed by atoms with Crippen LogP contribution in [0.2, 0.25) is 0 Å². The predicted octanol–water partition coefficient (Wildman–Crippen LogP) is 3.26. The van der Waals surface area contributed by atoms with Gasteiger partial charge in [-0.1, -0.05) is 34.6 Å². The number of nitrogens with zero attached hydrogens (tertiary/aromatic N) is 1. The summed E-state index contributed by atoms with van der Waals surface area (Å²) in [7, 11) is 0. The third-order valence-corrected chi connectivity index (χ3v) is 5.10. The van der Waals surface area contributed by atoms with E-state index in [2.05, 4.69) is 39.5 Å². The minimum Gasteiger partial charge on any atom is -0.326 e. The lowest BCUT2D eigenvalue weighted by Crippen LogP contribution is -2.54. The summed E-state index contributed by atoms with van der Waals surface area (Å²) in [6.45, 7) is 14.4. The van der Waals surface area contributed by atoms with Crippen molar-refractivity contribution in [3.8, 4) is 0 Å². The summed E-state index contributed by atoms with van der Waals surface area (Å²) < 4.78 is 0. The highest BCUT2D eigenvalue weighted by Crippen LogP contribution is 2.47. The van der Waals surface area contributed by atoms with Gasteiger partial charge in [0.25, 0.3) is 0 Å². The van der Waals surface area contributed by atoms with E-state index in [1.807, 2.05) is 0 Å². The number of rotatable bonds is 1. The maximum atomic E-state index is 6.27. The number of hydrogen-bond donors (Lipinski definition) is 1. The molecule has 2 atom stereocenters. The Morgan fingerprint density at radius 2 is 1.61 bits per heavy atom. The van der Waals surface area contributed by atoms with Crippen molar-refractivity contribution in [1.82, 2.24) is 4.90 Å². The molecule has 2 N–H and O–H groups in total. The Bertz CT molecular complexity index is 279. The average molecular weight is 252 g/mol. The van der Waals surface area contributed by atoms with Crippen LogP contribution >= 0.6 is 0 Å². The zero-order valence-electron chi connectivity index (χ0n) is 13.0. The molecule has 0 amide bonds. The molecule has 106 valence electrons. The Morgan fingerprint density at radius 1 is 1.06 bits per heavy atom. The van der Waals surface area contributed by atoms with Crippen LogP contribution in [0, 0.1) is 16.7 Å². The van der Waals surface area contributed by atoms with Crippen molar-refractivity contribution in [3.05, 3.63) is 0 Å². The molecule has 1 saturated heterocycles. The molecule has 1 aliphatic carbocycles. The molecule has 0 aromatic rings. The average Bonchev–Trinajstić information content (AvgIpc) is 2.17. The Hall–Kier alpha value is -0.0800. The Balaban J connectivity index is 2.04. The summed E-state index contributed by atoms with van der Waals surface area (Å²) >= 11 is 0. The van der Waals surface area contributed by atoms with Crippen LogP contribution in [-0.2, 0) is 0 Å². The molecule has 1 heterocycles. The van der Waals surface area contributed by atoms with Crippen LogP contribution in [0.4, 0.5) is 0 Å². The minimum absolute atomic E-state index is 0.381. The van der Waals surface area contributed by atoms with Crippen LogP contribution < -0.4 is 5.73 Å². The zero-order chi connectivity index (χ0) is 13.6. The molecule has 2 heteroatoms. The number of hydrogen-bond acceptors (Lipinski definition) is 2. The summed E-state index contributed by atoms with van der Waals surface area (Å²) in [5.41, 5.74) is 7.24. The van der Waals surface area contributed by atoms with E-state index in [4.69, 9.17) is 5.73 Å². The highest BCUT2D eigenvalue weighted by molar-refractivity contribution is 4.95. The van der Waals surface area contributed by atoms with Gasteiger partial charge in [-0.05, 0) is 49.0 Å². The zero-order valence-corrected chi connectivity index (χ0v) is 13.0. The molecule has 1 aliphatic heterocycles. The predicted molar refractivity (Wildman–Crippen MR) is 78.5 cm³/mol. The van der Waals surface area contributed by atoms with Gasteiger partial charge in [-0.15, -0.1) is 0 Å². The van der Waals surface area contributed by atoms with Gasteiger partial charge in [0, 0.05) is 18.6 Å². The molecule has 0 spiro atoms. The van der Waals surface area contributed by atoms with Crippen molar-refractivity contribution in [3.63, 3.8) is 0 Å². The smallest absolute Gasteiger partial charge is 0.0194 e. The second kappa shape index (κ2) is 4.79. The molecule has 18 heavy (non-hydrogen) atoms. The van der Waals surface area contributed by atoms with E-state index in [-0.39, 0.29) is 0 Å². The number of likely N-dealkylation sites (tertiary alicyclic amines) is 1. The monoisotopic (exact) mass is 252 g/mol. The first-order valence-corrected chi connectivity index (χ1v) is 7.68. The fourth-order valence-corrected chi connectivity index (χ4v) is 4.50. The first-order chi connectivity index (χ1) is 8.19. The Labute approximate surface area is 113 Å². The summed E-state index contributed by atoms with van der Waals surface area (Å²) in [6.07, 6.45) is 5.32. The molecule has 2 unspecified atom stereocenters. The van der Waals surface area contributed by atoms with Crippen LogP contribution in [0.25, 0.3) is 0 Å². The van der Waals surface area contributed by atoms with Crippen molar-refractivity contribution in [2.24, 2.45) is 22.5 Å². The van der Waals surface area contributed by atoms with E-state index >= 15 is 0 Å². The van der Waals surface area contributed by atoms with E-state index in [1.54, 1.807) is 0 Å². The fraction of sp³-hybridized carbons (Fsp3) is 1.00. The van der Waals surface area contributed by atoms with Gasteiger partial charge < -0.3 is 5.73 Å². The molecule has 0 bridgehead atoms. The van der Waals surface area contributed by atoms with Gasteiger partial charge in [0.05, 0.1) is 0 Å². The SMILES string of the molecule is CC1CCN(C2CC(C)(C)CC(C)(C)C2)CC1N. The Morgan fingerprint density at radius 3 is 2.11 bits per heavy atom. The number of piperidine rings is 1. The lowest BCUT2D eigenvalue weighted by molar-refractivity contribution is 0.00632. The molecule has 0 radical (unpaired) electrons. The van der Waals surface area contributed by atoms with Crippen LogP contribution in [0.15, 0.2) is 0 Å². The van der Waals surface area contributed by atoms with Gasteiger partial charge >= 0.3 is 0 Å². The van der Waals surface area contributed by atoms with Crippen molar-refractivity contribution >= 4 is 0 Å². The molecule has 2 aliphatic rings. The third-order valence-electron chi connectivity index (χ3n) is 5.10. The molecule has 2 fully saturated rings. The van der Waals surface area contributed by atoms with E-state index in [0.717, 1.165) is 12.6 Å². The fourth-order valence-electron chi connectivity index (χ4n) is 4.50.